The highest BCUT2D eigenvalue weighted by Gasteiger charge is 2.15. The molecule has 7 nitrogen and oxygen atoms in total. The molecule has 0 aliphatic rings. The van der Waals surface area contributed by atoms with Crippen LogP contribution < -0.4 is 9.46 Å². The summed E-state index contributed by atoms with van der Waals surface area (Å²) in [5.74, 6) is 1.07. The van der Waals surface area contributed by atoms with Crippen LogP contribution in [0.1, 0.15) is 0 Å². The lowest BCUT2D eigenvalue weighted by Gasteiger charge is -2.08. The number of hydrogen-bond donors (Lipinski definition) is 1. The molecule has 0 fully saturated rings. The van der Waals surface area contributed by atoms with Gasteiger partial charge in [-0.15, -0.1) is 0 Å². The van der Waals surface area contributed by atoms with Crippen molar-refractivity contribution in [1.29, 1.82) is 0 Å². The molecule has 23 heavy (non-hydrogen) atoms. The van der Waals surface area contributed by atoms with E-state index >= 15 is 0 Å². The number of hydrogen-bond acceptors (Lipinski definition) is 6. The van der Waals surface area contributed by atoms with E-state index in [4.69, 9.17) is 9.15 Å². The molecule has 3 aromatic rings. The minimum Gasteiger partial charge on any atom is -0.481 e. The lowest BCUT2D eigenvalue weighted by molar-refractivity contribution is 0.397. The van der Waals surface area contributed by atoms with Gasteiger partial charge in [-0.2, -0.15) is 0 Å². The van der Waals surface area contributed by atoms with Gasteiger partial charge >= 0.3 is 0 Å². The van der Waals surface area contributed by atoms with Gasteiger partial charge in [0.05, 0.1) is 18.3 Å². The summed E-state index contributed by atoms with van der Waals surface area (Å²) < 4.78 is 37.3. The number of sulfonamides is 1. The Morgan fingerprint density at radius 1 is 1.13 bits per heavy atom. The van der Waals surface area contributed by atoms with Crippen molar-refractivity contribution in [2.75, 3.05) is 11.8 Å². The molecular weight excluding hydrogens is 318 g/mol. The van der Waals surface area contributed by atoms with E-state index < -0.39 is 10.0 Å². The summed E-state index contributed by atoms with van der Waals surface area (Å²) in [4.78, 5) is 7.80. The first-order valence-corrected chi connectivity index (χ1v) is 8.09. The van der Waals surface area contributed by atoms with E-state index in [1.165, 1.54) is 31.6 Å². The second-order valence-electron chi connectivity index (χ2n) is 4.55. The number of nitrogens with one attached hydrogen (secondary N) is 1. The number of aromatic nitrogens is 2. The largest absolute Gasteiger partial charge is 0.481 e. The predicted molar refractivity (Wildman–Crippen MR) is 83.5 cm³/mol. The van der Waals surface area contributed by atoms with Gasteiger partial charge in [0.25, 0.3) is 10.0 Å². The van der Waals surface area contributed by atoms with Gasteiger partial charge < -0.3 is 9.15 Å². The molecule has 1 aromatic carbocycles. The second-order valence-corrected chi connectivity index (χ2v) is 6.24. The molecule has 118 valence electrons. The molecule has 0 aliphatic carbocycles. The maximum atomic E-state index is 12.4. The molecule has 2 aromatic heterocycles. The van der Waals surface area contributed by atoms with Crippen LogP contribution in [0.3, 0.4) is 0 Å². The molecule has 0 bridgehead atoms. The zero-order valence-corrected chi connectivity index (χ0v) is 12.9. The Hall–Kier alpha value is -2.87. The molecule has 2 heterocycles. The minimum atomic E-state index is -3.75. The van der Waals surface area contributed by atoms with Gasteiger partial charge in [-0.05, 0) is 36.4 Å². The molecule has 0 radical (unpaired) electrons. The molecule has 0 unspecified atom stereocenters. The van der Waals surface area contributed by atoms with Gasteiger partial charge in [-0.3, -0.25) is 4.72 Å². The first-order chi connectivity index (χ1) is 11.1. The molecule has 3 rings (SSSR count). The smallest absolute Gasteiger partial charge is 0.263 e. The first-order valence-electron chi connectivity index (χ1n) is 6.61. The van der Waals surface area contributed by atoms with Gasteiger partial charge in [0.15, 0.2) is 0 Å². The highest BCUT2D eigenvalue weighted by molar-refractivity contribution is 7.92. The van der Waals surface area contributed by atoms with Crippen LogP contribution in [-0.4, -0.2) is 25.5 Å². The Balaban J connectivity index is 1.84. The SMILES string of the molecule is COc1cc(NS(=O)(=O)c2ccc(-c3ccco3)cc2)ncn1. The average molecular weight is 331 g/mol. The van der Waals surface area contributed by atoms with Crippen molar-refractivity contribution < 1.29 is 17.6 Å². The van der Waals surface area contributed by atoms with Crippen molar-refractivity contribution in [2.24, 2.45) is 0 Å². The van der Waals surface area contributed by atoms with Crippen molar-refractivity contribution in [3.63, 3.8) is 0 Å². The van der Waals surface area contributed by atoms with Crippen LogP contribution in [0.25, 0.3) is 11.3 Å². The number of methoxy groups -OCH3 is 1. The maximum Gasteiger partial charge on any atom is 0.263 e. The summed E-state index contributed by atoms with van der Waals surface area (Å²) in [6, 6.07) is 11.3. The zero-order chi connectivity index (χ0) is 16.3. The molecule has 0 spiro atoms. The zero-order valence-electron chi connectivity index (χ0n) is 12.1. The first kappa shape index (κ1) is 15.0. The number of nitrogens with zero attached hydrogens (tertiary/aromatic N) is 2. The fourth-order valence-electron chi connectivity index (χ4n) is 1.94. The lowest BCUT2D eigenvalue weighted by atomic mass is 10.2. The number of benzene rings is 1. The van der Waals surface area contributed by atoms with Gasteiger partial charge in [0.1, 0.15) is 17.9 Å². The summed E-state index contributed by atoms with van der Waals surface area (Å²) >= 11 is 0. The number of rotatable bonds is 5. The third-order valence-electron chi connectivity index (χ3n) is 3.06. The van der Waals surface area contributed by atoms with Crippen LogP contribution in [-0.2, 0) is 10.0 Å². The topological polar surface area (TPSA) is 94.3 Å². The fraction of sp³-hybridized carbons (Fsp3) is 0.0667. The molecule has 0 atom stereocenters. The Kier molecular flexibility index (Phi) is 3.98. The maximum absolute atomic E-state index is 12.4. The van der Waals surface area contributed by atoms with Gasteiger partial charge in [-0.25, -0.2) is 18.4 Å². The molecule has 0 aliphatic heterocycles. The van der Waals surface area contributed by atoms with Gasteiger partial charge in [0, 0.05) is 11.6 Å². The Morgan fingerprint density at radius 2 is 1.91 bits per heavy atom. The predicted octanol–water partition coefficient (Wildman–Crippen LogP) is 2.55. The van der Waals surface area contributed by atoms with E-state index in [0.29, 0.717) is 5.76 Å². The van der Waals surface area contributed by atoms with Gasteiger partial charge in [0.2, 0.25) is 5.88 Å². The highest BCUT2D eigenvalue weighted by Crippen LogP contribution is 2.23. The molecule has 8 heteroatoms. The summed E-state index contributed by atoms with van der Waals surface area (Å²) in [5, 5.41) is 0. The summed E-state index contributed by atoms with van der Waals surface area (Å²) in [6.45, 7) is 0. The van der Waals surface area contributed by atoms with Crippen LogP contribution in [0, 0.1) is 0 Å². The monoisotopic (exact) mass is 331 g/mol. The van der Waals surface area contributed by atoms with Crippen molar-refractivity contribution in [3.05, 3.63) is 55.1 Å². The van der Waals surface area contributed by atoms with Crippen LogP contribution >= 0.6 is 0 Å². The lowest BCUT2D eigenvalue weighted by Crippen LogP contribution is -2.14. The number of ether oxygens (including phenoxy) is 1. The summed E-state index contributed by atoms with van der Waals surface area (Å²) in [7, 11) is -2.31. The van der Waals surface area contributed by atoms with Crippen LogP contribution in [0.5, 0.6) is 5.88 Å². The van der Waals surface area contributed by atoms with E-state index in [0.717, 1.165) is 5.56 Å². The number of anilines is 1. The van der Waals surface area contributed by atoms with E-state index in [-0.39, 0.29) is 16.6 Å². The molecular formula is C15H13N3O4S. The quantitative estimate of drug-likeness (QED) is 0.772. The average Bonchev–Trinajstić information content (AvgIpc) is 3.09. The fourth-order valence-corrected chi connectivity index (χ4v) is 2.94. The molecule has 0 saturated heterocycles. The van der Waals surface area contributed by atoms with E-state index in [9.17, 15) is 8.42 Å². The highest BCUT2D eigenvalue weighted by atomic mass is 32.2. The molecule has 0 saturated carbocycles. The summed E-state index contributed by atoms with van der Waals surface area (Å²) in [6.07, 6.45) is 2.78. The van der Waals surface area contributed by atoms with E-state index in [2.05, 4.69) is 14.7 Å². The standard InChI is InChI=1S/C15H13N3O4S/c1-21-15-9-14(16-10-17-15)18-23(19,20)12-6-4-11(5-7-12)13-3-2-8-22-13/h2-10H,1H3,(H,16,17,18). The molecule has 0 amide bonds. The summed E-state index contributed by atoms with van der Waals surface area (Å²) in [5.41, 5.74) is 0.789. The third kappa shape index (κ3) is 3.32. The van der Waals surface area contributed by atoms with Crippen molar-refractivity contribution >= 4 is 15.8 Å². The van der Waals surface area contributed by atoms with Crippen LogP contribution in [0.2, 0.25) is 0 Å². The van der Waals surface area contributed by atoms with E-state index in [1.807, 2.05) is 0 Å². The van der Waals surface area contributed by atoms with Gasteiger partial charge in [-0.1, -0.05) is 0 Å². The normalized spacial score (nSPS) is 11.2. The second kappa shape index (κ2) is 6.09. The Labute approximate surface area is 133 Å². The Bertz CT molecular complexity index is 891. The Morgan fingerprint density at radius 3 is 2.57 bits per heavy atom. The van der Waals surface area contributed by atoms with Crippen molar-refractivity contribution in [3.8, 4) is 17.2 Å². The van der Waals surface area contributed by atoms with Crippen LogP contribution in [0.4, 0.5) is 5.82 Å². The number of furan rings is 1. The van der Waals surface area contributed by atoms with Crippen molar-refractivity contribution in [2.45, 2.75) is 4.90 Å². The van der Waals surface area contributed by atoms with Crippen molar-refractivity contribution in [1.82, 2.24) is 9.97 Å². The third-order valence-corrected chi connectivity index (χ3v) is 4.43. The molecule has 1 N–H and O–H groups in total. The minimum absolute atomic E-state index is 0.116. The van der Waals surface area contributed by atoms with Crippen LogP contribution in [0.15, 0.2) is 64.4 Å². The van der Waals surface area contributed by atoms with E-state index in [1.54, 1.807) is 30.5 Å².